The van der Waals surface area contributed by atoms with E-state index >= 15 is 0 Å². The molecule has 0 saturated heterocycles. The van der Waals surface area contributed by atoms with E-state index in [1.165, 1.54) is 17.7 Å². The number of benzene rings is 2. The lowest BCUT2D eigenvalue weighted by Crippen LogP contribution is -2.27. The number of aryl methyl sites for hydroxylation is 1. The normalized spacial score (nSPS) is 10.7. The van der Waals surface area contributed by atoms with Gasteiger partial charge in [-0.1, -0.05) is 24.3 Å². The number of anilines is 3. The van der Waals surface area contributed by atoms with E-state index in [1.54, 1.807) is 30.5 Å². The Hall–Kier alpha value is -4.40. The molecule has 33 heavy (non-hydrogen) atoms. The maximum absolute atomic E-state index is 12.6. The summed E-state index contributed by atoms with van der Waals surface area (Å²) in [6.07, 6.45) is 1.67. The summed E-state index contributed by atoms with van der Waals surface area (Å²) in [6.45, 7) is 0.163. The molecule has 0 aliphatic rings. The van der Waals surface area contributed by atoms with Gasteiger partial charge in [0.15, 0.2) is 5.58 Å². The van der Waals surface area contributed by atoms with Gasteiger partial charge in [-0.25, -0.2) is 0 Å². The van der Waals surface area contributed by atoms with E-state index in [4.69, 9.17) is 4.42 Å². The first-order valence-corrected chi connectivity index (χ1v) is 10.3. The van der Waals surface area contributed by atoms with Gasteiger partial charge < -0.3 is 24.4 Å². The van der Waals surface area contributed by atoms with Crippen LogP contribution >= 0.6 is 0 Å². The number of hydrogen-bond donors (Lipinski definition) is 2. The Kier molecular flexibility index (Phi) is 6.49. The summed E-state index contributed by atoms with van der Waals surface area (Å²) in [5.41, 5.74) is 2.52. The number of nitrogens with zero attached hydrogens (tertiary/aromatic N) is 2. The molecule has 0 unspecified atom stereocenters. The number of fused-ring (bicyclic) bond motifs is 1. The number of amides is 1. The van der Waals surface area contributed by atoms with Crippen LogP contribution < -0.4 is 16.2 Å². The summed E-state index contributed by atoms with van der Waals surface area (Å²) in [7, 11) is 1.29. The fraction of sp³-hybridized carbons (Fsp3) is 0.167. The molecule has 0 bridgehead atoms. The molecule has 0 aliphatic heterocycles. The Morgan fingerprint density at radius 2 is 1.91 bits per heavy atom. The third-order valence-corrected chi connectivity index (χ3v) is 4.92. The van der Waals surface area contributed by atoms with Gasteiger partial charge in [-0.2, -0.15) is 4.98 Å². The van der Waals surface area contributed by atoms with Crippen LogP contribution in [0.5, 0.6) is 0 Å². The number of carbonyl (C=O) groups is 2. The van der Waals surface area contributed by atoms with Crippen LogP contribution in [0.15, 0.2) is 76.1 Å². The van der Waals surface area contributed by atoms with E-state index in [9.17, 15) is 14.4 Å². The zero-order valence-electron chi connectivity index (χ0n) is 17.9. The van der Waals surface area contributed by atoms with Crippen molar-refractivity contribution in [2.75, 3.05) is 17.7 Å². The molecule has 9 heteroatoms. The van der Waals surface area contributed by atoms with Gasteiger partial charge in [0.25, 0.3) is 11.6 Å². The van der Waals surface area contributed by atoms with Crippen LogP contribution in [0.2, 0.25) is 0 Å². The summed E-state index contributed by atoms with van der Waals surface area (Å²) in [5.74, 6) is -0.763. The van der Waals surface area contributed by atoms with Gasteiger partial charge in [-0.05, 0) is 42.0 Å². The van der Waals surface area contributed by atoms with Crippen LogP contribution in [0.1, 0.15) is 12.0 Å². The predicted molar refractivity (Wildman–Crippen MR) is 123 cm³/mol. The summed E-state index contributed by atoms with van der Waals surface area (Å²) < 4.78 is 11.7. The molecule has 4 rings (SSSR count). The van der Waals surface area contributed by atoms with Crippen molar-refractivity contribution in [3.63, 3.8) is 0 Å². The number of para-hydroxylation sites is 1. The van der Waals surface area contributed by atoms with E-state index < -0.39 is 11.5 Å². The monoisotopic (exact) mass is 446 g/mol. The molecule has 0 spiro atoms. The highest BCUT2D eigenvalue weighted by Gasteiger charge is 2.12. The minimum atomic E-state index is -0.415. The number of nitrogens with one attached hydrogen (secondary N) is 2. The van der Waals surface area contributed by atoms with Crippen molar-refractivity contribution in [1.29, 1.82) is 0 Å². The third kappa shape index (κ3) is 5.45. The van der Waals surface area contributed by atoms with Gasteiger partial charge in [0.2, 0.25) is 5.91 Å². The summed E-state index contributed by atoms with van der Waals surface area (Å²) in [6, 6.07) is 18.4. The Morgan fingerprint density at radius 3 is 2.70 bits per heavy atom. The van der Waals surface area contributed by atoms with E-state index in [2.05, 4.69) is 20.4 Å². The van der Waals surface area contributed by atoms with Crippen molar-refractivity contribution < 1.29 is 18.7 Å². The van der Waals surface area contributed by atoms with Crippen molar-refractivity contribution in [2.45, 2.75) is 19.4 Å². The van der Waals surface area contributed by atoms with Gasteiger partial charge in [-0.15, -0.1) is 0 Å². The number of esters is 1. The van der Waals surface area contributed by atoms with Crippen molar-refractivity contribution in [3.8, 4) is 0 Å². The Morgan fingerprint density at radius 1 is 1.09 bits per heavy atom. The Labute approximate surface area is 189 Å². The van der Waals surface area contributed by atoms with Gasteiger partial charge in [0, 0.05) is 18.4 Å². The topological polar surface area (TPSA) is 115 Å². The Balaban J connectivity index is 1.42. The standard InChI is InChI=1S/C24H22N4O5/c1-32-22(30)11-13-28-12-5-8-19(23(28)31)26-21(29)15-16-9-10-18-20(14-16)33-24(27-18)25-17-6-3-2-4-7-17/h2-10,12,14H,11,13,15H2,1H3,(H,25,27)(H,26,29). The molecular formula is C24H22N4O5. The van der Waals surface area contributed by atoms with E-state index in [0.29, 0.717) is 22.7 Å². The number of ether oxygens (including phenoxy) is 1. The maximum Gasteiger partial charge on any atom is 0.307 e. The van der Waals surface area contributed by atoms with Crippen molar-refractivity contribution >= 4 is 40.4 Å². The van der Waals surface area contributed by atoms with Crippen molar-refractivity contribution in [1.82, 2.24) is 9.55 Å². The molecule has 2 N–H and O–H groups in total. The number of oxazole rings is 1. The molecular weight excluding hydrogens is 424 g/mol. The zero-order chi connectivity index (χ0) is 23.2. The largest absolute Gasteiger partial charge is 0.469 e. The van der Waals surface area contributed by atoms with Crippen molar-refractivity contribution in [3.05, 3.63) is 82.8 Å². The van der Waals surface area contributed by atoms with Crippen molar-refractivity contribution in [2.24, 2.45) is 0 Å². The molecule has 4 aromatic rings. The lowest BCUT2D eigenvalue weighted by Gasteiger charge is -2.09. The smallest absolute Gasteiger partial charge is 0.307 e. The molecule has 0 aliphatic carbocycles. The van der Waals surface area contributed by atoms with Crippen LogP contribution in [-0.4, -0.2) is 28.5 Å². The lowest BCUT2D eigenvalue weighted by atomic mass is 10.1. The van der Waals surface area contributed by atoms with Crippen LogP contribution in [0, 0.1) is 0 Å². The Bertz CT molecular complexity index is 1340. The molecule has 9 nitrogen and oxygen atoms in total. The number of carbonyl (C=O) groups excluding carboxylic acids is 2. The summed E-state index contributed by atoms with van der Waals surface area (Å²) >= 11 is 0. The molecule has 168 valence electrons. The van der Waals surface area contributed by atoms with Gasteiger partial charge in [0.1, 0.15) is 11.2 Å². The van der Waals surface area contributed by atoms with Crippen LogP contribution in [0.3, 0.4) is 0 Å². The highest BCUT2D eigenvalue weighted by atomic mass is 16.5. The lowest BCUT2D eigenvalue weighted by molar-refractivity contribution is -0.140. The highest BCUT2D eigenvalue weighted by Crippen LogP contribution is 2.23. The quantitative estimate of drug-likeness (QED) is 0.398. The first-order valence-electron chi connectivity index (χ1n) is 10.3. The number of pyridine rings is 1. The van der Waals surface area contributed by atoms with Crippen LogP contribution in [-0.2, 0) is 27.3 Å². The molecule has 2 heterocycles. The van der Waals surface area contributed by atoms with Crippen LogP contribution in [0.25, 0.3) is 11.1 Å². The molecule has 2 aromatic heterocycles. The first kappa shape index (κ1) is 21.8. The second kappa shape index (κ2) is 9.82. The molecule has 0 radical (unpaired) electrons. The number of aromatic nitrogens is 2. The second-order valence-electron chi connectivity index (χ2n) is 7.28. The fourth-order valence-electron chi connectivity index (χ4n) is 3.28. The van der Waals surface area contributed by atoms with E-state index in [1.807, 2.05) is 30.3 Å². The number of methoxy groups -OCH3 is 1. The average molecular weight is 446 g/mol. The third-order valence-electron chi connectivity index (χ3n) is 4.92. The van der Waals surface area contributed by atoms with Gasteiger partial charge >= 0.3 is 5.97 Å². The van der Waals surface area contributed by atoms with E-state index in [0.717, 1.165) is 5.69 Å². The maximum atomic E-state index is 12.6. The second-order valence-corrected chi connectivity index (χ2v) is 7.28. The molecule has 1 amide bonds. The van der Waals surface area contributed by atoms with E-state index in [-0.39, 0.29) is 31.0 Å². The minimum absolute atomic E-state index is 0.0502. The zero-order valence-corrected chi connectivity index (χ0v) is 17.9. The highest BCUT2D eigenvalue weighted by molar-refractivity contribution is 5.92. The molecule has 2 aromatic carbocycles. The first-order chi connectivity index (χ1) is 16.0. The minimum Gasteiger partial charge on any atom is -0.469 e. The summed E-state index contributed by atoms with van der Waals surface area (Å²) in [5, 5.41) is 5.74. The number of hydrogen-bond acceptors (Lipinski definition) is 7. The SMILES string of the molecule is COC(=O)CCn1cccc(NC(=O)Cc2ccc3nc(Nc4ccccc4)oc3c2)c1=O. The predicted octanol–water partition coefficient (Wildman–Crippen LogP) is 3.48. The molecule has 0 atom stereocenters. The fourth-order valence-corrected chi connectivity index (χ4v) is 3.28. The number of rotatable bonds is 8. The molecule has 0 fully saturated rings. The van der Waals surface area contributed by atoms with Gasteiger partial charge in [-0.3, -0.25) is 14.4 Å². The average Bonchev–Trinajstić information content (AvgIpc) is 3.21. The van der Waals surface area contributed by atoms with Gasteiger partial charge in [0.05, 0.1) is 20.0 Å². The van der Waals surface area contributed by atoms with Crippen LogP contribution in [0.4, 0.5) is 17.4 Å². The molecule has 0 saturated carbocycles. The summed E-state index contributed by atoms with van der Waals surface area (Å²) in [4.78, 5) is 40.8.